The maximum Gasteiger partial charge on any atom is 0.226 e. The van der Waals surface area contributed by atoms with Gasteiger partial charge in [0.1, 0.15) is 5.65 Å². The standard InChI is InChI=1S/C20H16Cl2N4OS/c1-12-17(26-9-3-2-4-18(26)23-12)7-8-19(27)25-20-24-16(11-28-20)14-6-5-13(21)10-15(14)22/h2-6,9-11H,7-8H2,1H3,(H,24,25,27). The Balaban J connectivity index is 1.43. The Kier molecular flexibility index (Phi) is 5.35. The first kappa shape index (κ1) is 18.9. The number of nitrogens with zero attached hydrogens (tertiary/aromatic N) is 3. The van der Waals surface area contributed by atoms with Gasteiger partial charge < -0.3 is 9.72 Å². The van der Waals surface area contributed by atoms with Crippen molar-refractivity contribution in [3.8, 4) is 11.3 Å². The van der Waals surface area contributed by atoms with E-state index in [1.54, 1.807) is 12.1 Å². The Morgan fingerprint density at radius 3 is 2.89 bits per heavy atom. The number of fused-ring (bicyclic) bond motifs is 1. The third-order valence-corrected chi connectivity index (χ3v) is 5.68. The number of pyridine rings is 1. The minimum Gasteiger partial charge on any atom is -0.304 e. The normalized spacial score (nSPS) is 11.1. The number of anilines is 1. The SMILES string of the molecule is Cc1nc2ccccn2c1CCC(=O)Nc1nc(-c2ccc(Cl)cc2Cl)cs1. The minimum atomic E-state index is -0.0895. The highest BCUT2D eigenvalue weighted by Gasteiger charge is 2.13. The van der Waals surface area contributed by atoms with Gasteiger partial charge in [0.05, 0.1) is 16.4 Å². The molecule has 1 aromatic carbocycles. The number of amides is 1. The van der Waals surface area contributed by atoms with Gasteiger partial charge in [-0.1, -0.05) is 29.3 Å². The van der Waals surface area contributed by atoms with Crippen LogP contribution in [0.15, 0.2) is 48.0 Å². The lowest BCUT2D eigenvalue weighted by molar-refractivity contribution is -0.116. The third kappa shape index (κ3) is 3.90. The second kappa shape index (κ2) is 7.91. The number of halogens is 2. The molecule has 0 radical (unpaired) electrons. The number of aryl methyl sites for hydroxylation is 2. The third-order valence-electron chi connectivity index (χ3n) is 4.38. The Morgan fingerprint density at radius 1 is 1.21 bits per heavy atom. The van der Waals surface area contributed by atoms with Crippen molar-refractivity contribution in [2.75, 3.05) is 5.32 Å². The van der Waals surface area contributed by atoms with Crippen LogP contribution in [-0.4, -0.2) is 20.3 Å². The van der Waals surface area contributed by atoms with Gasteiger partial charge in [-0.2, -0.15) is 0 Å². The van der Waals surface area contributed by atoms with E-state index in [0.717, 1.165) is 22.6 Å². The molecular weight excluding hydrogens is 415 g/mol. The number of nitrogens with one attached hydrogen (secondary N) is 1. The number of carbonyl (C=O) groups is 1. The van der Waals surface area contributed by atoms with Gasteiger partial charge in [0.2, 0.25) is 5.91 Å². The van der Waals surface area contributed by atoms with Gasteiger partial charge in [0.15, 0.2) is 5.13 Å². The fourth-order valence-electron chi connectivity index (χ4n) is 3.03. The van der Waals surface area contributed by atoms with E-state index in [-0.39, 0.29) is 5.91 Å². The van der Waals surface area contributed by atoms with Crippen LogP contribution in [0.5, 0.6) is 0 Å². The number of rotatable bonds is 5. The fraction of sp³-hybridized carbons (Fsp3) is 0.150. The van der Waals surface area contributed by atoms with Gasteiger partial charge in [0, 0.05) is 34.3 Å². The van der Waals surface area contributed by atoms with E-state index in [4.69, 9.17) is 23.2 Å². The summed E-state index contributed by atoms with van der Waals surface area (Å²) in [5.74, 6) is -0.0895. The number of imidazole rings is 1. The van der Waals surface area contributed by atoms with Crippen molar-refractivity contribution < 1.29 is 4.79 Å². The number of hydrogen-bond acceptors (Lipinski definition) is 4. The molecule has 3 aromatic heterocycles. The summed E-state index contributed by atoms with van der Waals surface area (Å²) in [5, 5.41) is 6.36. The second-order valence-corrected chi connectivity index (χ2v) is 7.98. The summed E-state index contributed by atoms with van der Waals surface area (Å²) in [4.78, 5) is 21.4. The highest BCUT2D eigenvalue weighted by atomic mass is 35.5. The van der Waals surface area contributed by atoms with Crippen molar-refractivity contribution in [2.24, 2.45) is 0 Å². The van der Waals surface area contributed by atoms with E-state index in [2.05, 4.69) is 15.3 Å². The van der Waals surface area contributed by atoms with Crippen molar-refractivity contribution in [1.29, 1.82) is 0 Å². The van der Waals surface area contributed by atoms with Crippen LogP contribution in [0.2, 0.25) is 10.0 Å². The average molecular weight is 431 g/mol. The van der Waals surface area contributed by atoms with Crippen LogP contribution in [0.4, 0.5) is 5.13 Å². The van der Waals surface area contributed by atoms with Crippen LogP contribution < -0.4 is 5.32 Å². The molecule has 0 unspecified atom stereocenters. The minimum absolute atomic E-state index is 0.0895. The van der Waals surface area contributed by atoms with Crippen molar-refractivity contribution in [3.05, 3.63) is 69.4 Å². The zero-order valence-electron chi connectivity index (χ0n) is 14.9. The Hall–Kier alpha value is -2.41. The van der Waals surface area contributed by atoms with Crippen molar-refractivity contribution >= 4 is 51.2 Å². The molecule has 1 amide bonds. The highest BCUT2D eigenvalue weighted by Crippen LogP contribution is 2.32. The van der Waals surface area contributed by atoms with Gasteiger partial charge in [-0.3, -0.25) is 4.79 Å². The van der Waals surface area contributed by atoms with Crippen LogP contribution in [0.25, 0.3) is 16.9 Å². The van der Waals surface area contributed by atoms with Gasteiger partial charge in [-0.25, -0.2) is 9.97 Å². The van der Waals surface area contributed by atoms with Crippen molar-refractivity contribution in [2.45, 2.75) is 19.8 Å². The second-order valence-electron chi connectivity index (χ2n) is 6.28. The summed E-state index contributed by atoms with van der Waals surface area (Å²) in [5.41, 5.74) is 4.36. The largest absolute Gasteiger partial charge is 0.304 e. The Labute approximate surface area is 176 Å². The molecule has 0 aliphatic carbocycles. The number of benzene rings is 1. The molecule has 0 fully saturated rings. The molecule has 0 bridgehead atoms. The molecule has 0 spiro atoms. The van der Waals surface area contributed by atoms with E-state index in [1.807, 2.05) is 47.2 Å². The number of aromatic nitrogens is 3. The Bertz CT molecular complexity index is 1170. The number of carbonyl (C=O) groups excluding carboxylic acids is 1. The molecule has 0 saturated carbocycles. The van der Waals surface area contributed by atoms with E-state index >= 15 is 0 Å². The van der Waals surface area contributed by atoms with E-state index < -0.39 is 0 Å². The van der Waals surface area contributed by atoms with Crippen LogP contribution >= 0.6 is 34.5 Å². The van der Waals surface area contributed by atoms with Crippen LogP contribution in [0.1, 0.15) is 17.8 Å². The maximum atomic E-state index is 12.4. The van der Waals surface area contributed by atoms with Gasteiger partial charge in [-0.05, 0) is 43.7 Å². The summed E-state index contributed by atoms with van der Waals surface area (Å²) in [6.45, 7) is 1.96. The first-order valence-corrected chi connectivity index (χ1v) is 10.3. The predicted octanol–water partition coefficient (Wildman–Crippen LogP) is 5.64. The highest BCUT2D eigenvalue weighted by molar-refractivity contribution is 7.14. The molecule has 0 aliphatic rings. The fourth-order valence-corrected chi connectivity index (χ4v) is 4.26. The molecule has 1 N–H and O–H groups in total. The lowest BCUT2D eigenvalue weighted by Gasteiger charge is -2.04. The smallest absolute Gasteiger partial charge is 0.226 e. The number of thiazole rings is 1. The summed E-state index contributed by atoms with van der Waals surface area (Å²) in [6, 6.07) is 11.1. The van der Waals surface area contributed by atoms with Gasteiger partial charge in [-0.15, -0.1) is 11.3 Å². The molecule has 4 rings (SSSR count). The first-order chi connectivity index (χ1) is 13.5. The summed E-state index contributed by atoms with van der Waals surface area (Å²) in [6.07, 6.45) is 2.91. The molecule has 0 saturated heterocycles. The topological polar surface area (TPSA) is 59.3 Å². The molecule has 28 heavy (non-hydrogen) atoms. The van der Waals surface area contributed by atoms with E-state index in [9.17, 15) is 4.79 Å². The summed E-state index contributed by atoms with van der Waals surface area (Å²) in [7, 11) is 0. The molecule has 8 heteroatoms. The summed E-state index contributed by atoms with van der Waals surface area (Å²) < 4.78 is 2.02. The average Bonchev–Trinajstić information content (AvgIpc) is 3.23. The molecular formula is C20H16Cl2N4OS. The van der Waals surface area contributed by atoms with Crippen molar-refractivity contribution in [3.63, 3.8) is 0 Å². The molecule has 5 nitrogen and oxygen atoms in total. The molecule has 142 valence electrons. The molecule has 3 heterocycles. The number of hydrogen-bond donors (Lipinski definition) is 1. The lowest BCUT2D eigenvalue weighted by Crippen LogP contribution is -2.13. The maximum absolute atomic E-state index is 12.4. The summed E-state index contributed by atoms with van der Waals surface area (Å²) >= 11 is 13.5. The molecule has 4 aromatic rings. The Morgan fingerprint density at radius 2 is 2.07 bits per heavy atom. The van der Waals surface area contributed by atoms with Crippen LogP contribution in [-0.2, 0) is 11.2 Å². The first-order valence-electron chi connectivity index (χ1n) is 8.64. The van der Waals surface area contributed by atoms with Crippen LogP contribution in [0.3, 0.4) is 0 Å². The van der Waals surface area contributed by atoms with E-state index in [0.29, 0.717) is 33.7 Å². The predicted molar refractivity (Wildman–Crippen MR) is 114 cm³/mol. The molecule has 0 atom stereocenters. The van der Waals surface area contributed by atoms with Crippen molar-refractivity contribution in [1.82, 2.24) is 14.4 Å². The van der Waals surface area contributed by atoms with E-state index in [1.165, 1.54) is 11.3 Å². The quantitative estimate of drug-likeness (QED) is 0.445. The lowest BCUT2D eigenvalue weighted by atomic mass is 10.2. The van der Waals surface area contributed by atoms with Crippen LogP contribution in [0, 0.1) is 6.92 Å². The monoisotopic (exact) mass is 430 g/mol. The van der Waals surface area contributed by atoms with Gasteiger partial charge >= 0.3 is 0 Å². The molecule has 0 aliphatic heterocycles. The zero-order chi connectivity index (χ0) is 19.7. The zero-order valence-corrected chi connectivity index (χ0v) is 17.3. The van der Waals surface area contributed by atoms with Gasteiger partial charge in [0.25, 0.3) is 0 Å².